The van der Waals surface area contributed by atoms with Gasteiger partial charge in [-0.1, -0.05) is 50.1 Å². The lowest BCUT2D eigenvalue weighted by atomic mass is 10.0. The molecule has 0 amide bonds. The first kappa shape index (κ1) is 15.5. The second kappa shape index (κ2) is 8.43. The number of nitrogens with one attached hydrogen (secondary N) is 1. The van der Waals surface area contributed by atoms with Gasteiger partial charge in [0.05, 0.1) is 0 Å². The van der Waals surface area contributed by atoms with Gasteiger partial charge < -0.3 is 5.32 Å². The third kappa shape index (κ3) is 4.60. The summed E-state index contributed by atoms with van der Waals surface area (Å²) in [6.45, 7) is 8.18. The van der Waals surface area contributed by atoms with E-state index in [4.69, 9.17) is 0 Å². The van der Waals surface area contributed by atoms with Crippen molar-refractivity contribution in [2.45, 2.75) is 58.0 Å². The highest BCUT2D eigenvalue weighted by Gasteiger charge is 2.23. The highest BCUT2D eigenvalue weighted by Crippen LogP contribution is 2.24. The lowest BCUT2D eigenvalue weighted by Gasteiger charge is -2.29. The Kier molecular flexibility index (Phi) is 6.55. The second-order valence-electron chi connectivity index (χ2n) is 6.12. The smallest absolute Gasteiger partial charge is 0.0472 e. The van der Waals surface area contributed by atoms with E-state index in [-0.39, 0.29) is 0 Å². The summed E-state index contributed by atoms with van der Waals surface area (Å²) >= 11 is 0. The van der Waals surface area contributed by atoms with E-state index in [1.54, 1.807) is 0 Å². The molecule has 0 aliphatic carbocycles. The minimum absolute atomic E-state index is 0.544. The van der Waals surface area contributed by atoms with E-state index in [0.717, 1.165) is 6.54 Å². The van der Waals surface area contributed by atoms with Crippen molar-refractivity contribution in [2.75, 3.05) is 19.6 Å². The van der Waals surface area contributed by atoms with Gasteiger partial charge in [-0.3, -0.25) is 4.90 Å². The fourth-order valence-electron chi connectivity index (χ4n) is 3.11. The Hall–Kier alpha value is -0.860. The molecule has 0 saturated carbocycles. The summed E-state index contributed by atoms with van der Waals surface area (Å²) in [6.07, 6.45) is 6.62. The maximum absolute atomic E-state index is 3.75. The third-order valence-electron chi connectivity index (χ3n) is 4.42. The molecule has 20 heavy (non-hydrogen) atoms. The first-order valence-corrected chi connectivity index (χ1v) is 8.33. The zero-order valence-corrected chi connectivity index (χ0v) is 13.1. The van der Waals surface area contributed by atoms with Crippen LogP contribution < -0.4 is 5.32 Å². The summed E-state index contributed by atoms with van der Waals surface area (Å²) in [5, 5.41) is 3.75. The van der Waals surface area contributed by atoms with Crippen LogP contribution in [0.1, 0.15) is 57.6 Å². The zero-order valence-electron chi connectivity index (χ0n) is 13.1. The Morgan fingerprint density at radius 2 is 1.85 bits per heavy atom. The summed E-state index contributed by atoms with van der Waals surface area (Å²) in [4.78, 5) is 2.65. The van der Waals surface area contributed by atoms with Gasteiger partial charge in [0.25, 0.3) is 0 Å². The van der Waals surface area contributed by atoms with Gasteiger partial charge in [0.15, 0.2) is 0 Å². The van der Waals surface area contributed by atoms with Crippen LogP contribution in [-0.4, -0.2) is 30.6 Å². The average molecular weight is 274 g/mol. The van der Waals surface area contributed by atoms with Gasteiger partial charge in [0.2, 0.25) is 0 Å². The molecule has 1 aromatic carbocycles. The van der Waals surface area contributed by atoms with E-state index in [9.17, 15) is 0 Å². The molecule has 1 aromatic rings. The molecule has 2 rings (SSSR count). The molecule has 0 aromatic heterocycles. The van der Waals surface area contributed by atoms with Crippen LogP contribution in [0.3, 0.4) is 0 Å². The molecule has 2 nitrogen and oxygen atoms in total. The van der Waals surface area contributed by atoms with E-state index in [1.165, 1.54) is 50.8 Å². The molecule has 0 bridgehead atoms. The van der Waals surface area contributed by atoms with E-state index >= 15 is 0 Å². The van der Waals surface area contributed by atoms with Crippen LogP contribution in [0.15, 0.2) is 30.3 Å². The number of unbranched alkanes of at least 4 members (excludes halogenated alkanes) is 1. The monoisotopic (exact) mass is 274 g/mol. The van der Waals surface area contributed by atoms with Crippen LogP contribution in [0.25, 0.3) is 0 Å². The molecular formula is C18H30N2. The standard InChI is InChI=1S/C18H30N2/c1-3-4-10-16(2)19-15-18(20-13-8-9-14-20)17-11-6-5-7-12-17/h5-7,11-12,16,18-19H,3-4,8-10,13-15H2,1-2H3. The number of benzene rings is 1. The van der Waals surface area contributed by atoms with Crippen molar-refractivity contribution in [3.63, 3.8) is 0 Å². The lowest BCUT2D eigenvalue weighted by Crippen LogP contribution is -2.37. The Labute approximate surface area is 124 Å². The largest absolute Gasteiger partial charge is 0.312 e. The third-order valence-corrected chi connectivity index (χ3v) is 4.42. The number of hydrogen-bond donors (Lipinski definition) is 1. The predicted molar refractivity (Wildman–Crippen MR) is 87.0 cm³/mol. The van der Waals surface area contributed by atoms with Crippen LogP contribution >= 0.6 is 0 Å². The van der Waals surface area contributed by atoms with Crippen molar-refractivity contribution < 1.29 is 0 Å². The van der Waals surface area contributed by atoms with Crippen LogP contribution in [0, 0.1) is 0 Å². The van der Waals surface area contributed by atoms with Gasteiger partial charge in [-0.05, 0) is 44.8 Å². The normalized spacial score (nSPS) is 19.1. The molecule has 0 spiro atoms. The maximum atomic E-state index is 3.75. The molecule has 112 valence electrons. The molecule has 2 heteroatoms. The van der Waals surface area contributed by atoms with Gasteiger partial charge >= 0.3 is 0 Å². The van der Waals surface area contributed by atoms with Crippen LogP contribution in [0.4, 0.5) is 0 Å². The quantitative estimate of drug-likeness (QED) is 0.771. The van der Waals surface area contributed by atoms with Crippen LogP contribution in [0.2, 0.25) is 0 Å². The molecule has 1 heterocycles. The van der Waals surface area contributed by atoms with Crippen molar-refractivity contribution in [3.8, 4) is 0 Å². The summed E-state index contributed by atoms with van der Waals surface area (Å²) in [5.74, 6) is 0. The van der Waals surface area contributed by atoms with Crippen molar-refractivity contribution in [2.24, 2.45) is 0 Å². The van der Waals surface area contributed by atoms with Crippen molar-refractivity contribution in [1.29, 1.82) is 0 Å². The van der Waals surface area contributed by atoms with Crippen molar-refractivity contribution >= 4 is 0 Å². The summed E-state index contributed by atoms with van der Waals surface area (Å²) in [7, 11) is 0. The lowest BCUT2D eigenvalue weighted by molar-refractivity contribution is 0.232. The number of hydrogen-bond acceptors (Lipinski definition) is 2. The fraction of sp³-hybridized carbons (Fsp3) is 0.667. The Morgan fingerprint density at radius 1 is 1.15 bits per heavy atom. The maximum Gasteiger partial charge on any atom is 0.0472 e. The zero-order chi connectivity index (χ0) is 14.2. The summed E-state index contributed by atoms with van der Waals surface area (Å²) in [5.41, 5.74) is 1.46. The van der Waals surface area contributed by atoms with Crippen molar-refractivity contribution in [3.05, 3.63) is 35.9 Å². The van der Waals surface area contributed by atoms with Gasteiger partial charge in [0, 0.05) is 18.6 Å². The SMILES string of the molecule is CCCCC(C)NCC(c1ccccc1)N1CCCC1. The molecule has 2 unspecified atom stereocenters. The molecular weight excluding hydrogens is 244 g/mol. The van der Waals surface area contributed by atoms with Crippen molar-refractivity contribution in [1.82, 2.24) is 10.2 Å². The molecule has 1 fully saturated rings. The van der Waals surface area contributed by atoms with Gasteiger partial charge in [-0.25, -0.2) is 0 Å². The van der Waals surface area contributed by atoms with Crippen LogP contribution in [-0.2, 0) is 0 Å². The molecule has 1 aliphatic rings. The predicted octanol–water partition coefficient (Wildman–Crippen LogP) is 3.99. The first-order chi connectivity index (χ1) is 9.81. The number of likely N-dealkylation sites (tertiary alicyclic amines) is 1. The summed E-state index contributed by atoms with van der Waals surface area (Å²) < 4.78 is 0. The number of rotatable bonds is 8. The molecule has 1 aliphatic heterocycles. The summed E-state index contributed by atoms with van der Waals surface area (Å²) in [6, 6.07) is 12.2. The molecule has 2 atom stereocenters. The average Bonchev–Trinajstić information content (AvgIpc) is 3.00. The van der Waals surface area contributed by atoms with E-state index in [1.807, 2.05) is 0 Å². The molecule has 1 N–H and O–H groups in total. The highest BCUT2D eigenvalue weighted by atomic mass is 15.2. The minimum Gasteiger partial charge on any atom is -0.312 e. The topological polar surface area (TPSA) is 15.3 Å². The van der Waals surface area contributed by atoms with E-state index < -0.39 is 0 Å². The van der Waals surface area contributed by atoms with E-state index in [2.05, 4.69) is 54.4 Å². The van der Waals surface area contributed by atoms with Gasteiger partial charge in [-0.2, -0.15) is 0 Å². The van der Waals surface area contributed by atoms with Crippen LogP contribution in [0.5, 0.6) is 0 Å². The Bertz CT molecular complexity index is 357. The highest BCUT2D eigenvalue weighted by molar-refractivity contribution is 5.19. The number of nitrogens with zero attached hydrogens (tertiary/aromatic N) is 1. The molecule has 0 radical (unpaired) electrons. The second-order valence-corrected chi connectivity index (χ2v) is 6.12. The first-order valence-electron chi connectivity index (χ1n) is 8.33. The minimum atomic E-state index is 0.544. The van der Waals surface area contributed by atoms with Gasteiger partial charge in [0.1, 0.15) is 0 Å². The fourth-order valence-corrected chi connectivity index (χ4v) is 3.11. The van der Waals surface area contributed by atoms with E-state index in [0.29, 0.717) is 12.1 Å². The van der Waals surface area contributed by atoms with Gasteiger partial charge in [-0.15, -0.1) is 0 Å². The Morgan fingerprint density at radius 3 is 2.50 bits per heavy atom. The Balaban J connectivity index is 1.93. The molecule has 1 saturated heterocycles.